The molecule has 0 saturated heterocycles. The first-order chi connectivity index (χ1) is 10.5. The molecule has 0 aliphatic heterocycles. The van der Waals surface area contributed by atoms with Gasteiger partial charge in [-0.2, -0.15) is 5.10 Å². The molecule has 0 saturated carbocycles. The van der Waals surface area contributed by atoms with Crippen molar-refractivity contribution in [2.75, 3.05) is 12.4 Å². The Hall–Kier alpha value is -2.48. The lowest BCUT2D eigenvalue weighted by Crippen LogP contribution is -2.04. The molecule has 0 spiro atoms. The van der Waals surface area contributed by atoms with E-state index in [1.165, 1.54) is 18.3 Å². The van der Waals surface area contributed by atoms with Crippen LogP contribution in [0.25, 0.3) is 21.6 Å². The third kappa shape index (κ3) is 2.41. The Morgan fingerprint density at radius 3 is 2.77 bits per heavy atom. The van der Waals surface area contributed by atoms with E-state index in [1.54, 1.807) is 18.0 Å². The van der Waals surface area contributed by atoms with Crippen molar-refractivity contribution in [3.63, 3.8) is 0 Å². The third-order valence-electron chi connectivity index (χ3n) is 3.19. The van der Waals surface area contributed by atoms with Gasteiger partial charge in [-0.05, 0) is 18.6 Å². The Kier molecular flexibility index (Phi) is 3.53. The largest absolute Gasteiger partial charge is 0.479 e. The fraction of sp³-hybridized carbons (Fsp3) is 0.286. The van der Waals surface area contributed by atoms with Gasteiger partial charge < -0.3 is 10.1 Å². The molecule has 7 nitrogen and oxygen atoms in total. The van der Waals surface area contributed by atoms with Crippen LogP contribution in [0.4, 0.5) is 5.13 Å². The number of carbonyl (C=O) groups excluding carboxylic acids is 1. The third-order valence-corrected chi connectivity index (χ3v) is 4.10. The van der Waals surface area contributed by atoms with Crippen LogP contribution >= 0.6 is 11.3 Å². The monoisotopic (exact) mass is 317 g/mol. The topological polar surface area (TPSA) is 81.9 Å². The number of anilines is 1. The van der Waals surface area contributed by atoms with E-state index < -0.39 is 0 Å². The van der Waals surface area contributed by atoms with Crippen LogP contribution in [0.1, 0.15) is 12.5 Å². The molecular formula is C14H15N5O2S. The molecule has 0 radical (unpaired) electrons. The fourth-order valence-electron chi connectivity index (χ4n) is 2.28. The van der Waals surface area contributed by atoms with Crippen molar-refractivity contribution in [2.45, 2.75) is 13.8 Å². The maximum absolute atomic E-state index is 11.2. The molecule has 8 heteroatoms. The highest BCUT2D eigenvalue weighted by atomic mass is 32.1. The number of rotatable bonds is 3. The predicted octanol–water partition coefficient (Wildman–Crippen LogP) is 2.37. The van der Waals surface area contributed by atoms with Crippen LogP contribution < -0.4 is 10.1 Å². The van der Waals surface area contributed by atoms with Gasteiger partial charge in [0.05, 0.1) is 29.4 Å². The van der Waals surface area contributed by atoms with Gasteiger partial charge in [0, 0.05) is 14.0 Å². The first kappa shape index (κ1) is 14.5. The zero-order valence-electron chi connectivity index (χ0n) is 12.7. The number of methoxy groups -OCH3 is 1. The van der Waals surface area contributed by atoms with E-state index in [4.69, 9.17) is 4.74 Å². The normalized spacial score (nSPS) is 10.9. The summed E-state index contributed by atoms with van der Waals surface area (Å²) in [6, 6.07) is 1.94. The molecule has 0 aromatic carbocycles. The molecule has 0 aliphatic carbocycles. The number of carbonyl (C=O) groups is 1. The molecule has 22 heavy (non-hydrogen) atoms. The minimum Gasteiger partial charge on any atom is -0.479 e. The van der Waals surface area contributed by atoms with Crippen molar-refractivity contribution in [3.8, 4) is 17.3 Å². The number of ether oxygens (including phenoxy) is 1. The SMILES string of the molecule is COc1nc(-c2c(C)cnn2C)cc2sc(NC(C)=O)nc12. The van der Waals surface area contributed by atoms with E-state index in [-0.39, 0.29) is 5.91 Å². The van der Waals surface area contributed by atoms with Crippen LogP contribution in [-0.4, -0.2) is 32.8 Å². The first-order valence-electron chi connectivity index (χ1n) is 6.61. The Balaban J connectivity index is 2.19. The van der Waals surface area contributed by atoms with Gasteiger partial charge in [-0.15, -0.1) is 0 Å². The van der Waals surface area contributed by atoms with Crippen LogP contribution in [0.15, 0.2) is 12.3 Å². The van der Waals surface area contributed by atoms with Gasteiger partial charge in [0.15, 0.2) is 5.13 Å². The number of thiazole rings is 1. The van der Waals surface area contributed by atoms with Crippen molar-refractivity contribution >= 4 is 32.6 Å². The van der Waals surface area contributed by atoms with Gasteiger partial charge in [0.25, 0.3) is 0 Å². The second kappa shape index (κ2) is 5.38. The molecule has 3 aromatic heterocycles. The number of nitrogens with zero attached hydrogens (tertiary/aromatic N) is 4. The summed E-state index contributed by atoms with van der Waals surface area (Å²) in [5, 5.41) is 7.46. The first-order valence-corrected chi connectivity index (χ1v) is 7.43. The molecule has 3 heterocycles. The summed E-state index contributed by atoms with van der Waals surface area (Å²) in [6.07, 6.45) is 1.79. The van der Waals surface area contributed by atoms with Gasteiger partial charge in [-0.25, -0.2) is 9.97 Å². The number of pyridine rings is 1. The van der Waals surface area contributed by atoms with Crippen molar-refractivity contribution in [2.24, 2.45) is 7.05 Å². The summed E-state index contributed by atoms with van der Waals surface area (Å²) >= 11 is 1.39. The predicted molar refractivity (Wildman–Crippen MR) is 85.2 cm³/mol. The van der Waals surface area contributed by atoms with Crippen LogP contribution in [-0.2, 0) is 11.8 Å². The molecule has 0 atom stereocenters. The zero-order chi connectivity index (χ0) is 15.9. The van der Waals surface area contributed by atoms with Gasteiger partial charge >= 0.3 is 0 Å². The molecule has 1 amide bonds. The smallest absolute Gasteiger partial charge is 0.241 e. The molecule has 0 bridgehead atoms. The summed E-state index contributed by atoms with van der Waals surface area (Å²) in [5.41, 5.74) is 3.36. The van der Waals surface area contributed by atoms with Crippen LogP contribution in [0.2, 0.25) is 0 Å². The number of aromatic nitrogens is 4. The molecule has 0 fully saturated rings. The lowest BCUT2D eigenvalue weighted by Gasteiger charge is -2.06. The van der Waals surface area contributed by atoms with Gasteiger partial charge in [-0.3, -0.25) is 9.48 Å². The highest BCUT2D eigenvalue weighted by Gasteiger charge is 2.17. The maximum Gasteiger partial charge on any atom is 0.241 e. The van der Waals surface area contributed by atoms with Crippen molar-refractivity contribution in [3.05, 3.63) is 17.8 Å². The molecule has 3 rings (SSSR count). The molecule has 0 aliphatic rings. The van der Waals surface area contributed by atoms with Crippen LogP contribution in [0, 0.1) is 6.92 Å². The lowest BCUT2D eigenvalue weighted by molar-refractivity contribution is -0.114. The van der Waals surface area contributed by atoms with Crippen LogP contribution in [0.5, 0.6) is 5.88 Å². The van der Waals surface area contributed by atoms with E-state index >= 15 is 0 Å². The molecule has 114 valence electrons. The summed E-state index contributed by atoms with van der Waals surface area (Å²) in [7, 11) is 3.43. The summed E-state index contributed by atoms with van der Waals surface area (Å²) in [4.78, 5) is 20.1. The minimum absolute atomic E-state index is 0.159. The Labute approximate surface area is 131 Å². The van der Waals surface area contributed by atoms with Gasteiger partial charge in [-0.1, -0.05) is 11.3 Å². The number of hydrogen-bond donors (Lipinski definition) is 1. The molecule has 3 aromatic rings. The standard InChI is InChI=1S/C14H15N5O2S/c1-7-6-15-19(3)12(7)9-5-10-11(13(17-9)21-4)18-14(22-10)16-8(2)20/h5-6H,1-4H3,(H,16,18,20). The molecule has 0 unspecified atom stereocenters. The van der Waals surface area contributed by atoms with E-state index in [1.807, 2.05) is 20.0 Å². The van der Waals surface area contributed by atoms with E-state index in [2.05, 4.69) is 20.4 Å². The van der Waals surface area contributed by atoms with E-state index in [9.17, 15) is 4.79 Å². The van der Waals surface area contributed by atoms with Crippen molar-refractivity contribution in [1.29, 1.82) is 0 Å². The number of aryl methyl sites for hydroxylation is 2. The number of nitrogens with one attached hydrogen (secondary N) is 1. The summed E-state index contributed by atoms with van der Waals surface area (Å²) in [6.45, 7) is 3.43. The maximum atomic E-state index is 11.2. The van der Waals surface area contributed by atoms with Gasteiger partial charge in [0.2, 0.25) is 11.8 Å². The zero-order valence-corrected chi connectivity index (χ0v) is 13.5. The quantitative estimate of drug-likeness (QED) is 0.802. The highest BCUT2D eigenvalue weighted by molar-refractivity contribution is 7.22. The average molecular weight is 317 g/mol. The Morgan fingerprint density at radius 2 is 2.18 bits per heavy atom. The highest BCUT2D eigenvalue weighted by Crippen LogP contribution is 2.35. The molecular weight excluding hydrogens is 302 g/mol. The molecule has 1 N–H and O–H groups in total. The second-order valence-corrected chi connectivity index (χ2v) is 5.89. The number of amides is 1. The van der Waals surface area contributed by atoms with Crippen molar-refractivity contribution < 1.29 is 9.53 Å². The lowest BCUT2D eigenvalue weighted by atomic mass is 10.2. The van der Waals surface area contributed by atoms with E-state index in [0.29, 0.717) is 16.5 Å². The number of fused-ring (bicyclic) bond motifs is 1. The number of hydrogen-bond acceptors (Lipinski definition) is 6. The average Bonchev–Trinajstić information content (AvgIpc) is 2.99. The Morgan fingerprint density at radius 1 is 1.41 bits per heavy atom. The van der Waals surface area contributed by atoms with Crippen molar-refractivity contribution in [1.82, 2.24) is 19.7 Å². The van der Waals surface area contributed by atoms with E-state index in [0.717, 1.165) is 21.7 Å². The minimum atomic E-state index is -0.159. The fourth-order valence-corrected chi connectivity index (χ4v) is 3.22. The summed E-state index contributed by atoms with van der Waals surface area (Å²) in [5.74, 6) is 0.273. The van der Waals surface area contributed by atoms with Gasteiger partial charge in [0.1, 0.15) is 5.52 Å². The summed E-state index contributed by atoms with van der Waals surface area (Å²) < 4.78 is 8.03. The second-order valence-electron chi connectivity index (χ2n) is 4.86. The Bertz CT molecular complexity index is 848. The van der Waals surface area contributed by atoms with Crippen LogP contribution in [0.3, 0.4) is 0 Å².